The van der Waals surface area contributed by atoms with Crippen LogP contribution in [0.4, 0.5) is 0 Å². The van der Waals surface area contributed by atoms with Gasteiger partial charge in [0.2, 0.25) is 0 Å². The summed E-state index contributed by atoms with van der Waals surface area (Å²) in [4.78, 5) is 0. The lowest BCUT2D eigenvalue weighted by molar-refractivity contribution is 0.384. The SMILES string of the molecule is COc1ccc(CNCCN)c(OC)c1C. The van der Waals surface area contributed by atoms with Crippen LogP contribution < -0.4 is 20.5 Å². The van der Waals surface area contributed by atoms with Crippen LogP contribution in [0.25, 0.3) is 0 Å². The summed E-state index contributed by atoms with van der Waals surface area (Å²) in [6.45, 7) is 4.18. The summed E-state index contributed by atoms with van der Waals surface area (Å²) in [5.41, 5.74) is 7.57. The first-order valence-electron chi connectivity index (χ1n) is 5.35. The molecule has 1 aromatic rings. The first-order valence-corrected chi connectivity index (χ1v) is 5.35. The monoisotopic (exact) mass is 224 g/mol. The van der Waals surface area contributed by atoms with Gasteiger partial charge in [-0.05, 0) is 13.0 Å². The Morgan fingerprint density at radius 2 is 2.00 bits per heavy atom. The zero-order valence-electron chi connectivity index (χ0n) is 10.2. The van der Waals surface area contributed by atoms with Gasteiger partial charge in [0, 0.05) is 30.8 Å². The van der Waals surface area contributed by atoms with Crippen molar-refractivity contribution in [3.05, 3.63) is 23.3 Å². The highest BCUT2D eigenvalue weighted by Gasteiger charge is 2.10. The molecule has 3 N–H and O–H groups in total. The third-order valence-electron chi connectivity index (χ3n) is 2.50. The Kier molecular flexibility index (Phi) is 5.08. The third-order valence-corrected chi connectivity index (χ3v) is 2.50. The molecule has 90 valence electrons. The molecular formula is C12H20N2O2. The van der Waals surface area contributed by atoms with E-state index in [-0.39, 0.29) is 0 Å². The quantitative estimate of drug-likeness (QED) is 0.709. The van der Waals surface area contributed by atoms with Gasteiger partial charge in [0.05, 0.1) is 14.2 Å². The fraction of sp³-hybridized carbons (Fsp3) is 0.500. The van der Waals surface area contributed by atoms with Crippen molar-refractivity contribution < 1.29 is 9.47 Å². The summed E-state index contributed by atoms with van der Waals surface area (Å²) in [7, 11) is 3.34. The molecule has 16 heavy (non-hydrogen) atoms. The molecule has 1 rings (SSSR count). The number of benzene rings is 1. The average Bonchev–Trinajstić information content (AvgIpc) is 2.30. The summed E-state index contributed by atoms with van der Waals surface area (Å²) in [5.74, 6) is 1.73. The van der Waals surface area contributed by atoms with Crippen LogP contribution in [0.2, 0.25) is 0 Å². The number of rotatable bonds is 6. The minimum atomic E-state index is 0.636. The van der Waals surface area contributed by atoms with Crippen LogP contribution in [0.5, 0.6) is 11.5 Å². The van der Waals surface area contributed by atoms with Gasteiger partial charge in [-0.2, -0.15) is 0 Å². The highest BCUT2D eigenvalue weighted by molar-refractivity contribution is 5.49. The van der Waals surface area contributed by atoms with Crippen molar-refractivity contribution in [3.8, 4) is 11.5 Å². The van der Waals surface area contributed by atoms with Crippen molar-refractivity contribution in [3.63, 3.8) is 0 Å². The van der Waals surface area contributed by atoms with Crippen LogP contribution >= 0.6 is 0 Å². The molecule has 0 radical (unpaired) electrons. The molecule has 4 nitrogen and oxygen atoms in total. The van der Waals surface area contributed by atoms with E-state index in [9.17, 15) is 0 Å². The second-order valence-corrected chi connectivity index (χ2v) is 3.55. The van der Waals surface area contributed by atoms with Gasteiger partial charge in [0.1, 0.15) is 11.5 Å². The highest BCUT2D eigenvalue weighted by Crippen LogP contribution is 2.30. The first kappa shape index (κ1) is 12.8. The maximum atomic E-state index is 5.43. The standard InChI is InChI=1S/C12H20N2O2/c1-9-11(15-2)5-4-10(12(9)16-3)8-14-7-6-13/h4-5,14H,6-8,13H2,1-3H3. The molecular weight excluding hydrogens is 204 g/mol. The number of ether oxygens (including phenoxy) is 2. The Bertz CT molecular complexity index is 340. The molecule has 0 fully saturated rings. The Morgan fingerprint density at radius 3 is 2.56 bits per heavy atom. The summed E-state index contributed by atoms with van der Waals surface area (Å²) < 4.78 is 10.6. The maximum absolute atomic E-state index is 5.43. The Morgan fingerprint density at radius 1 is 1.25 bits per heavy atom. The van der Waals surface area contributed by atoms with Crippen molar-refractivity contribution in [2.24, 2.45) is 5.73 Å². The van der Waals surface area contributed by atoms with Crippen LogP contribution in [-0.2, 0) is 6.54 Å². The molecule has 0 aromatic heterocycles. The van der Waals surface area contributed by atoms with Gasteiger partial charge >= 0.3 is 0 Å². The predicted molar refractivity (Wildman–Crippen MR) is 65.0 cm³/mol. The van der Waals surface area contributed by atoms with E-state index >= 15 is 0 Å². The number of hydrogen-bond acceptors (Lipinski definition) is 4. The Balaban J connectivity index is 2.88. The number of hydrogen-bond donors (Lipinski definition) is 2. The van der Waals surface area contributed by atoms with E-state index in [1.165, 1.54) is 0 Å². The summed E-state index contributed by atoms with van der Waals surface area (Å²) in [6.07, 6.45) is 0. The van der Waals surface area contributed by atoms with Crippen molar-refractivity contribution in [2.45, 2.75) is 13.5 Å². The van der Waals surface area contributed by atoms with E-state index in [0.29, 0.717) is 6.54 Å². The lowest BCUT2D eigenvalue weighted by Crippen LogP contribution is -2.22. The van der Waals surface area contributed by atoms with Gasteiger partial charge in [-0.25, -0.2) is 0 Å². The predicted octanol–water partition coefficient (Wildman–Crippen LogP) is 1.06. The van der Waals surface area contributed by atoms with Crippen LogP contribution in [0, 0.1) is 6.92 Å². The largest absolute Gasteiger partial charge is 0.496 e. The van der Waals surface area contributed by atoms with E-state index in [1.54, 1.807) is 14.2 Å². The number of nitrogens with one attached hydrogen (secondary N) is 1. The fourth-order valence-electron chi connectivity index (χ4n) is 1.70. The normalized spacial score (nSPS) is 10.2. The maximum Gasteiger partial charge on any atom is 0.129 e. The second kappa shape index (κ2) is 6.35. The lowest BCUT2D eigenvalue weighted by Gasteiger charge is -2.14. The van der Waals surface area contributed by atoms with E-state index in [1.807, 2.05) is 19.1 Å². The molecule has 0 bridgehead atoms. The van der Waals surface area contributed by atoms with E-state index < -0.39 is 0 Å². The third kappa shape index (κ3) is 2.87. The average molecular weight is 224 g/mol. The molecule has 0 aliphatic heterocycles. The van der Waals surface area contributed by atoms with Crippen molar-refractivity contribution in [2.75, 3.05) is 27.3 Å². The molecule has 0 saturated carbocycles. The Hall–Kier alpha value is -1.26. The van der Waals surface area contributed by atoms with Crippen LogP contribution in [-0.4, -0.2) is 27.3 Å². The topological polar surface area (TPSA) is 56.5 Å². The first-order chi connectivity index (χ1) is 7.74. The van der Waals surface area contributed by atoms with Crippen molar-refractivity contribution in [1.82, 2.24) is 5.32 Å². The van der Waals surface area contributed by atoms with Crippen molar-refractivity contribution in [1.29, 1.82) is 0 Å². The zero-order chi connectivity index (χ0) is 12.0. The van der Waals surface area contributed by atoms with Gasteiger partial charge in [-0.3, -0.25) is 0 Å². The highest BCUT2D eigenvalue weighted by atomic mass is 16.5. The molecule has 0 aliphatic rings. The second-order valence-electron chi connectivity index (χ2n) is 3.55. The minimum absolute atomic E-state index is 0.636. The van der Waals surface area contributed by atoms with Crippen LogP contribution in [0.15, 0.2) is 12.1 Å². The molecule has 0 heterocycles. The van der Waals surface area contributed by atoms with Crippen LogP contribution in [0.1, 0.15) is 11.1 Å². The minimum Gasteiger partial charge on any atom is -0.496 e. The van der Waals surface area contributed by atoms with E-state index in [0.717, 1.165) is 35.7 Å². The van der Waals surface area contributed by atoms with Gasteiger partial charge in [0.25, 0.3) is 0 Å². The molecule has 0 atom stereocenters. The zero-order valence-corrected chi connectivity index (χ0v) is 10.2. The number of methoxy groups -OCH3 is 2. The molecule has 0 amide bonds. The van der Waals surface area contributed by atoms with Gasteiger partial charge in [-0.1, -0.05) is 6.07 Å². The summed E-state index contributed by atoms with van der Waals surface area (Å²) >= 11 is 0. The van der Waals surface area contributed by atoms with E-state index in [2.05, 4.69) is 5.32 Å². The van der Waals surface area contributed by atoms with Gasteiger partial charge in [0.15, 0.2) is 0 Å². The van der Waals surface area contributed by atoms with Gasteiger partial charge in [-0.15, -0.1) is 0 Å². The van der Waals surface area contributed by atoms with Crippen LogP contribution in [0.3, 0.4) is 0 Å². The molecule has 4 heteroatoms. The summed E-state index contributed by atoms with van der Waals surface area (Å²) in [5, 5.41) is 3.24. The summed E-state index contributed by atoms with van der Waals surface area (Å²) in [6, 6.07) is 3.96. The molecule has 1 aromatic carbocycles. The smallest absolute Gasteiger partial charge is 0.129 e. The molecule has 0 spiro atoms. The van der Waals surface area contributed by atoms with E-state index in [4.69, 9.17) is 15.2 Å². The molecule has 0 aliphatic carbocycles. The fourth-order valence-corrected chi connectivity index (χ4v) is 1.70. The Labute approximate surface area is 96.7 Å². The molecule has 0 saturated heterocycles. The molecule has 0 unspecified atom stereocenters. The number of nitrogens with two attached hydrogens (primary N) is 1. The lowest BCUT2D eigenvalue weighted by atomic mass is 10.1. The van der Waals surface area contributed by atoms with Crippen molar-refractivity contribution >= 4 is 0 Å². The van der Waals surface area contributed by atoms with Gasteiger partial charge < -0.3 is 20.5 Å².